The summed E-state index contributed by atoms with van der Waals surface area (Å²) in [6.07, 6.45) is 5.97. The molecule has 0 spiro atoms. The molecule has 11 nitrogen and oxygen atoms in total. The monoisotopic (exact) mass is 521 g/mol. The number of pyridine rings is 1. The minimum Gasteiger partial charge on any atom is -0.486 e. The fraction of sp³-hybridized carbons (Fsp3) is 0.0455. The van der Waals surface area contributed by atoms with E-state index in [1.54, 1.807) is 10.9 Å². The Labute approximate surface area is 201 Å². The number of carbonyl (C=O) groups is 1. The van der Waals surface area contributed by atoms with Gasteiger partial charge in [-0.15, -0.1) is 5.10 Å². The Kier molecular flexibility index (Phi) is 6.98. The molecular weight excluding hydrogens is 506 g/mol. The zero-order chi connectivity index (χ0) is 23.9. The fourth-order valence-electron chi connectivity index (χ4n) is 2.85. The average Bonchev–Trinajstić information content (AvgIpc) is 3.33. The van der Waals surface area contributed by atoms with Gasteiger partial charge in [0.05, 0.1) is 23.0 Å². The summed E-state index contributed by atoms with van der Waals surface area (Å²) in [5.74, 6) is -0.123. The molecule has 2 heterocycles. The quantitative estimate of drug-likeness (QED) is 0.212. The van der Waals surface area contributed by atoms with Crippen molar-refractivity contribution in [1.82, 2.24) is 25.4 Å². The molecule has 0 bridgehead atoms. The van der Waals surface area contributed by atoms with Crippen molar-refractivity contribution in [3.05, 3.63) is 105 Å². The Morgan fingerprint density at radius 2 is 1.94 bits per heavy atom. The number of hydrogen-bond donors (Lipinski definition) is 1. The Morgan fingerprint density at radius 3 is 2.68 bits per heavy atom. The Hall–Kier alpha value is -4.45. The van der Waals surface area contributed by atoms with Crippen LogP contribution in [0.1, 0.15) is 21.6 Å². The highest BCUT2D eigenvalue weighted by Gasteiger charge is 2.12. The zero-order valence-electron chi connectivity index (χ0n) is 17.4. The first-order chi connectivity index (χ1) is 16.5. The lowest BCUT2D eigenvalue weighted by atomic mass is 10.2. The van der Waals surface area contributed by atoms with Gasteiger partial charge in [0, 0.05) is 40.1 Å². The molecule has 1 amide bonds. The number of nitro groups is 1. The number of nitrogens with one attached hydrogen (secondary N) is 1. The lowest BCUT2D eigenvalue weighted by Crippen LogP contribution is -2.17. The molecule has 0 aliphatic carbocycles. The number of nitrogens with zero attached hydrogens (tertiary/aromatic N) is 6. The van der Waals surface area contributed by atoms with Crippen LogP contribution in [0, 0.1) is 10.1 Å². The van der Waals surface area contributed by atoms with Crippen LogP contribution >= 0.6 is 15.9 Å². The summed E-state index contributed by atoms with van der Waals surface area (Å²) in [6, 6.07) is 14.7. The van der Waals surface area contributed by atoms with Crippen molar-refractivity contribution < 1.29 is 14.5 Å². The van der Waals surface area contributed by atoms with Gasteiger partial charge in [-0.1, -0.05) is 21.1 Å². The van der Waals surface area contributed by atoms with E-state index >= 15 is 0 Å². The summed E-state index contributed by atoms with van der Waals surface area (Å²) >= 11 is 3.39. The molecule has 0 saturated heterocycles. The van der Waals surface area contributed by atoms with E-state index < -0.39 is 10.8 Å². The number of hydrazone groups is 1. The van der Waals surface area contributed by atoms with Crippen molar-refractivity contribution in [3.8, 4) is 11.4 Å². The number of benzene rings is 2. The first-order valence-corrected chi connectivity index (χ1v) is 10.6. The van der Waals surface area contributed by atoms with Gasteiger partial charge >= 0.3 is 0 Å². The molecule has 0 saturated carbocycles. The number of halogens is 1. The van der Waals surface area contributed by atoms with E-state index in [0.717, 1.165) is 10.2 Å². The van der Waals surface area contributed by atoms with Crippen LogP contribution in [-0.4, -0.2) is 37.0 Å². The highest BCUT2D eigenvalue weighted by Crippen LogP contribution is 2.24. The third kappa shape index (κ3) is 5.66. The molecule has 4 aromatic rings. The number of rotatable bonds is 8. The maximum absolute atomic E-state index is 12.1. The molecule has 2 aromatic heterocycles. The molecule has 12 heteroatoms. The third-order valence-electron chi connectivity index (χ3n) is 4.52. The van der Waals surface area contributed by atoms with Crippen LogP contribution < -0.4 is 10.2 Å². The number of hydrogen-bond acceptors (Lipinski definition) is 8. The van der Waals surface area contributed by atoms with E-state index in [9.17, 15) is 14.9 Å². The van der Waals surface area contributed by atoms with E-state index in [0.29, 0.717) is 22.6 Å². The molecule has 0 aliphatic rings. The van der Waals surface area contributed by atoms with E-state index in [1.165, 1.54) is 48.9 Å². The summed E-state index contributed by atoms with van der Waals surface area (Å²) in [6.45, 7) is 0.0680. The molecule has 4 rings (SSSR count). The third-order valence-corrected chi connectivity index (χ3v) is 5.05. The topological polar surface area (TPSA) is 137 Å². The van der Waals surface area contributed by atoms with Gasteiger partial charge in [0.15, 0.2) is 0 Å². The Bertz CT molecular complexity index is 1340. The molecule has 0 aliphatic heterocycles. The first-order valence-electron chi connectivity index (χ1n) is 9.81. The predicted molar refractivity (Wildman–Crippen MR) is 126 cm³/mol. The van der Waals surface area contributed by atoms with Crippen LogP contribution in [0.3, 0.4) is 0 Å². The number of nitro benzene ring substituents is 1. The molecular formula is C22H16BrN7O4. The van der Waals surface area contributed by atoms with Gasteiger partial charge in [0.25, 0.3) is 11.6 Å². The highest BCUT2D eigenvalue weighted by atomic mass is 79.9. The van der Waals surface area contributed by atoms with Gasteiger partial charge in [0.1, 0.15) is 18.1 Å². The Morgan fingerprint density at radius 1 is 1.18 bits per heavy atom. The molecule has 0 fully saturated rings. The van der Waals surface area contributed by atoms with Crippen LogP contribution in [0.4, 0.5) is 5.69 Å². The number of amides is 1. The van der Waals surface area contributed by atoms with Crippen molar-refractivity contribution in [2.24, 2.45) is 5.10 Å². The van der Waals surface area contributed by atoms with Crippen LogP contribution in [0.2, 0.25) is 0 Å². The SMILES string of the molecule is O=C(N/N=C/c1cc([N+](=O)[O-])ccc1OCc1cn(-c2ccc(Br)cc2)nn1)c1ccncc1. The number of carbonyl (C=O) groups excluding carboxylic acids is 1. The second-order valence-corrected chi connectivity index (χ2v) is 7.75. The summed E-state index contributed by atoms with van der Waals surface area (Å²) in [5, 5.41) is 23.3. The van der Waals surface area contributed by atoms with E-state index in [2.05, 4.69) is 41.8 Å². The number of ether oxygens (including phenoxy) is 1. The van der Waals surface area contributed by atoms with Crippen molar-refractivity contribution in [3.63, 3.8) is 0 Å². The summed E-state index contributed by atoms with van der Waals surface area (Å²) in [5.41, 5.74) is 4.29. The molecule has 1 N–H and O–H groups in total. The van der Waals surface area contributed by atoms with Crippen LogP contribution in [-0.2, 0) is 6.61 Å². The first kappa shape index (κ1) is 22.7. The lowest BCUT2D eigenvalue weighted by molar-refractivity contribution is -0.384. The average molecular weight is 522 g/mol. The van der Waals surface area contributed by atoms with E-state index in [-0.39, 0.29) is 12.3 Å². The standard InChI is InChI=1S/C22H16BrN7O4/c23-17-1-3-19(4-2-17)29-13-18(26-28-29)14-34-21-6-5-20(30(32)33)11-16(21)12-25-27-22(31)15-7-9-24-10-8-15/h1-13H,14H2,(H,27,31)/b25-12+. The normalized spacial score (nSPS) is 10.9. The maximum atomic E-state index is 12.1. The van der Waals surface area contributed by atoms with Gasteiger partial charge in [-0.05, 0) is 42.5 Å². The second-order valence-electron chi connectivity index (χ2n) is 6.83. The van der Waals surface area contributed by atoms with Gasteiger partial charge in [-0.3, -0.25) is 19.9 Å². The van der Waals surface area contributed by atoms with Gasteiger partial charge < -0.3 is 4.74 Å². The van der Waals surface area contributed by atoms with Gasteiger partial charge in [-0.2, -0.15) is 5.10 Å². The van der Waals surface area contributed by atoms with Crippen LogP contribution in [0.25, 0.3) is 5.69 Å². The molecule has 0 unspecified atom stereocenters. The zero-order valence-corrected chi connectivity index (χ0v) is 19.0. The molecule has 0 atom stereocenters. The largest absolute Gasteiger partial charge is 0.486 e. The van der Waals surface area contributed by atoms with Gasteiger partial charge in [0.2, 0.25) is 0 Å². The summed E-state index contributed by atoms with van der Waals surface area (Å²) in [4.78, 5) is 26.6. The molecule has 2 aromatic carbocycles. The minimum absolute atomic E-state index is 0.0680. The minimum atomic E-state index is -0.527. The van der Waals surface area contributed by atoms with Crippen molar-refractivity contribution in [2.75, 3.05) is 0 Å². The summed E-state index contributed by atoms with van der Waals surface area (Å²) in [7, 11) is 0. The van der Waals surface area contributed by atoms with Crippen molar-refractivity contribution in [2.45, 2.75) is 6.61 Å². The van der Waals surface area contributed by atoms with Crippen molar-refractivity contribution in [1.29, 1.82) is 0 Å². The predicted octanol–water partition coefficient (Wildman–Crippen LogP) is 3.68. The lowest BCUT2D eigenvalue weighted by Gasteiger charge is -2.07. The Balaban J connectivity index is 1.47. The summed E-state index contributed by atoms with van der Waals surface area (Å²) < 4.78 is 8.37. The highest BCUT2D eigenvalue weighted by molar-refractivity contribution is 9.10. The van der Waals surface area contributed by atoms with Crippen LogP contribution in [0.15, 0.2) is 82.8 Å². The smallest absolute Gasteiger partial charge is 0.271 e. The molecule has 170 valence electrons. The van der Waals surface area contributed by atoms with E-state index in [4.69, 9.17) is 4.74 Å². The van der Waals surface area contributed by atoms with Crippen LogP contribution in [0.5, 0.6) is 5.75 Å². The second kappa shape index (κ2) is 10.4. The fourth-order valence-corrected chi connectivity index (χ4v) is 3.11. The van der Waals surface area contributed by atoms with Gasteiger partial charge in [-0.25, -0.2) is 10.1 Å². The number of non-ortho nitro benzene ring substituents is 1. The van der Waals surface area contributed by atoms with E-state index in [1.807, 2.05) is 24.3 Å². The molecule has 34 heavy (non-hydrogen) atoms. The number of aromatic nitrogens is 4. The van der Waals surface area contributed by atoms with Crippen molar-refractivity contribution >= 4 is 33.7 Å². The maximum Gasteiger partial charge on any atom is 0.271 e. The molecule has 0 radical (unpaired) electrons.